The summed E-state index contributed by atoms with van der Waals surface area (Å²) in [5.41, 5.74) is 3.79. The number of ether oxygens (including phenoxy) is 1. The van der Waals surface area contributed by atoms with Crippen molar-refractivity contribution < 1.29 is 13.9 Å². The number of carbonyl (C=O) groups is 1. The van der Waals surface area contributed by atoms with Gasteiger partial charge in [0.1, 0.15) is 5.82 Å². The van der Waals surface area contributed by atoms with Crippen molar-refractivity contribution in [2.75, 3.05) is 39.4 Å². The van der Waals surface area contributed by atoms with Crippen LogP contribution < -0.4 is 10.6 Å². The molecule has 2 aliphatic rings. The standard InChI is InChI=1S/C22H30FN5O2/c1-27-20-7-6-18(25-15-16-2-4-17(23)5-3-16)14-19(20)21(26-27)22(29)24-8-9-28-10-12-30-13-11-28/h2-5,18,25H,6-15H2,1H3,(H,24,29)/t18-/m0/s1. The minimum atomic E-state index is -0.222. The molecule has 30 heavy (non-hydrogen) atoms. The second kappa shape index (κ2) is 9.68. The number of nitrogens with zero attached hydrogens (tertiary/aromatic N) is 3. The molecule has 0 bridgehead atoms. The number of aryl methyl sites for hydroxylation is 1. The topological polar surface area (TPSA) is 71.4 Å². The van der Waals surface area contributed by atoms with Crippen LogP contribution >= 0.6 is 0 Å². The minimum absolute atomic E-state index is 0.0979. The molecule has 162 valence electrons. The molecule has 0 radical (unpaired) electrons. The van der Waals surface area contributed by atoms with E-state index in [1.165, 1.54) is 12.1 Å². The average molecular weight is 416 g/mol. The highest BCUT2D eigenvalue weighted by molar-refractivity contribution is 5.94. The van der Waals surface area contributed by atoms with Crippen molar-refractivity contribution in [3.05, 3.63) is 52.6 Å². The van der Waals surface area contributed by atoms with E-state index in [9.17, 15) is 9.18 Å². The van der Waals surface area contributed by atoms with Gasteiger partial charge in [0, 0.05) is 57.1 Å². The van der Waals surface area contributed by atoms with E-state index >= 15 is 0 Å². The van der Waals surface area contributed by atoms with Gasteiger partial charge in [-0.05, 0) is 37.0 Å². The van der Waals surface area contributed by atoms with E-state index in [0.29, 0.717) is 18.8 Å². The predicted octanol–water partition coefficient (Wildman–Crippen LogP) is 1.27. The molecule has 2 heterocycles. The number of hydrogen-bond donors (Lipinski definition) is 2. The van der Waals surface area contributed by atoms with Gasteiger partial charge in [-0.15, -0.1) is 0 Å². The lowest BCUT2D eigenvalue weighted by molar-refractivity contribution is 0.0383. The first-order chi connectivity index (χ1) is 14.6. The van der Waals surface area contributed by atoms with Gasteiger partial charge in [0.25, 0.3) is 5.91 Å². The molecular weight excluding hydrogens is 385 g/mol. The van der Waals surface area contributed by atoms with E-state index in [2.05, 4.69) is 20.6 Å². The third kappa shape index (κ3) is 5.06. The van der Waals surface area contributed by atoms with Crippen molar-refractivity contribution in [2.24, 2.45) is 7.05 Å². The molecule has 0 unspecified atom stereocenters. The highest BCUT2D eigenvalue weighted by Gasteiger charge is 2.28. The molecule has 2 N–H and O–H groups in total. The molecule has 1 atom stereocenters. The Morgan fingerprint density at radius 3 is 2.80 bits per heavy atom. The van der Waals surface area contributed by atoms with Gasteiger partial charge in [-0.25, -0.2) is 4.39 Å². The summed E-state index contributed by atoms with van der Waals surface area (Å²) in [6.07, 6.45) is 2.66. The first-order valence-corrected chi connectivity index (χ1v) is 10.7. The molecule has 1 amide bonds. The molecule has 1 saturated heterocycles. The third-order valence-electron chi connectivity index (χ3n) is 6.00. The van der Waals surface area contributed by atoms with Crippen molar-refractivity contribution in [3.8, 4) is 0 Å². The zero-order valence-electron chi connectivity index (χ0n) is 17.5. The molecule has 1 aliphatic carbocycles. The molecule has 1 fully saturated rings. The van der Waals surface area contributed by atoms with Crippen LogP contribution in [0.15, 0.2) is 24.3 Å². The number of fused-ring (bicyclic) bond motifs is 1. The fourth-order valence-corrected chi connectivity index (χ4v) is 4.25. The highest BCUT2D eigenvalue weighted by atomic mass is 19.1. The van der Waals surface area contributed by atoms with Gasteiger partial charge >= 0.3 is 0 Å². The molecule has 0 spiro atoms. The van der Waals surface area contributed by atoms with Gasteiger partial charge in [-0.2, -0.15) is 5.10 Å². The van der Waals surface area contributed by atoms with Crippen molar-refractivity contribution in [1.82, 2.24) is 25.3 Å². The molecule has 2 aromatic rings. The van der Waals surface area contributed by atoms with E-state index in [1.54, 1.807) is 12.1 Å². The van der Waals surface area contributed by atoms with Crippen LogP contribution in [0.25, 0.3) is 0 Å². The minimum Gasteiger partial charge on any atom is -0.379 e. The molecule has 1 aromatic carbocycles. The maximum absolute atomic E-state index is 13.1. The van der Waals surface area contributed by atoms with Gasteiger partial charge in [0.15, 0.2) is 5.69 Å². The average Bonchev–Trinajstić information content (AvgIpc) is 3.10. The maximum atomic E-state index is 13.1. The summed E-state index contributed by atoms with van der Waals surface area (Å²) in [5, 5.41) is 11.1. The van der Waals surface area contributed by atoms with Crippen LogP contribution in [0.3, 0.4) is 0 Å². The summed E-state index contributed by atoms with van der Waals surface area (Å²) >= 11 is 0. The molecular formula is C22H30FN5O2. The molecule has 0 saturated carbocycles. The first kappa shape index (κ1) is 21.0. The van der Waals surface area contributed by atoms with Crippen LogP contribution in [-0.2, 0) is 31.2 Å². The maximum Gasteiger partial charge on any atom is 0.272 e. The van der Waals surface area contributed by atoms with Gasteiger partial charge in [0.05, 0.1) is 13.2 Å². The molecule has 1 aliphatic heterocycles. The quantitative estimate of drug-likeness (QED) is 0.713. The van der Waals surface area contributed by atoms with Crippen LogP contribution in [0.5, 0.6) is 0 Å². The Labute approximate surface area is 176 Å². The number of halogens is 1. The lowest BCUT2D eigenvalue weighted by Gasteiger charge is -2.26. The van der Waals surface area contributed by atoms with Gasteiger partial charge < -0.3 is 15.4 Å². The van der Waals surface area contributed by atoms with E-state index in [0.717, 1.165) is 68.9 Å². The Kier molecular flexibility index (Phi) is 6.76. The largest absolute Gasteiger partial charge is 0.379 e. The number of amides is 1. The van der Waals surface area contributed by atoms with E-state index in [-0.39, 0.29) is 17.8 Å². The second-order valence-electron chi connectivity index (χ2n) is 8.05. The summed E-state index contributed by atoms with van der Waals surface area (Å²) < 4.78 is 20.3. The smallest absolute Gasteiger partial charge is 0.272 e. The first-order valence-electron chi connectivity index (χ1n) is 10.7. The van der Waals surface area contributed by atoms with Gasteiger partial charge in [-0.3, -0.25) is 14.4 Å². The van der Waals surface area contributed by atoms with E-state index < -0.39 is 0 Å². The number of hydrogen-bond acceptors (Lipinski definition) is 5. The summed E-state index contributed by atoms with van der Waals surface area (Å²) in [6, 6.07) is 6.83. The molecule has 4 rings (SSSR count). The van der Waals surface area contributed by atoms with Crippen molar-refractivity contribution in [3.63, 3.8) is 0 Å². The number of aromatic nitrogens is 2. The highest BCUT2D eigenvalue weighted by Crippen LogP contribution is 2.24. The Hall–Kier alpha value is -2.29. The fraction of sp³-hybridized carbons (Fsp3) is 0.545. The number of carbonyl (C=O) groups excluding carboxylic acids is 1. The summed E-state index contributed by atoms with van der Waals surface area (Å²) in [4.78, 5) is 15.1. The number of benzene rings is 1. The van der Waals surface area contributed by atoms with E-state index in [1.807, 2.05) is 11.7 Å². The van der Waals surface area contributed by atoms with Crippen LogP contribution in [0.1, 0.15) is 33.7 Å². The Morgan fingerprint density at radius 2 is 2.03 bits per heavy atom. The summed E-state index contributed by atoms with van der Waals surface area (Å²) in [5.74, 6) is -0.319. The lowest BCUT2D eigenvalue weighted by atomic mass is 9.91. The SMILES string of the molecule is Cn1nc(C(=O)NCCN2CCOCC2)c2c1CC[C@H](NCc1ccc(F)cc1)C2. The molecule has 8 heteroatoms. The monoisotopic (exact) mass is 415 g/mol. The Morgan fingerprint density at radius 1 is 1.27 bits per heavy atom. The normalized spacial score (nSPS) is 19.5. The van der Waals surface area contributed by atoms with Gasteiger partial charge in [-0.1, -0.05) is 12.1 Å². The third-order valence-corrected chi connectivity index (χ3v) is 6.00. The zero-order chi connectivity index (χ0) is 20.9. The summed E-state index contributed by atoms with van der Waals surface area (Å²) in [7, 11) is 1.91. The van der Waals surface area contributed by atoms with Crippen molar-refractivity contribution in [1.29, 1.82) is 0 Å². The van der Waals surface area contributed by atoms with Crippen LogP contribution in [0.4, 0.5) is 4.39 Å². The lowest BCUT2D eigenvalue weighted by Crippen LogP contribution is -2.41. The van der Waals surface area contributed by atoms with Crippen LogP contribution in [0, 0.1) is 5.82 Å². The van der Waals surface area contributed by atoms with Crippen molar-refractivity contribution >= 4 is 5.91 Å². The second-order valence-corrected chi connectivity index (χ2v) is 8.05. The Balaban J connectivity index is 1.33. The fourth-order valence-electron chi connectivity index (χ4n) is 4.25. The number of morpholine rings is 1. The van der Waals surface area contributed by atoms with Crippen LogP contribution in [0.2, 0.25) is 0 Å². The zero-order valence-corrected chi connectivity index (χ0v) is 17.5. The molecule has 1 aromatic heterocycles. The predicted molar refractivity (Wildman–Crippen MR) is 112 cm³/mol. The Bertz CT molecular complexity index is 861. The summed E-state index contributed by atoms with van der Waals surface area (Å²) in [6.45, 7) is 5.46. The van der Waals surface area contributed by atoms with Crippen LogP contribution in [-0.4, -0.2) is 66.0 Å². The number of nitrogens with one attached hydrogen (secondary N) is 2. The van der Waals surface area contributed by atoms with Gasteiger partial charge in [0.2, 0.25) is 0 Å². The van der Waals surface area contributed by atoms with Crippen molar-refractivity contribution in [2.45, 2.75) is 31.8 Å². The van der Waals surface area contributed by atoms with E-state index in [4.69, 9.17) is 4.74 Å². The number of rotatable bonds is 7. The molecule has 7 nitrogen and oxygen atoms in total.